The van der Waals surface area contributed by atoms with Crippen LogP contribution in [0.4, 0.5) is 0 Å². The van der Waals surface area contributed by atoms with Crippen LogP contribution in [0.25, 0.3) is 0 Å². The largest absolute Gasteiger partial charge is 0.472 e. The molecule has 0 unspecified atom stereocenters. The Morgan fingerprint density at radius 3 is 2.16 bits per heavy atom. The van der Waals surface area contributed by atoms with Gasteiger partial charge in [0.05, 0.1) is 12.5 Å². The molecule has 0 aliphatic heterocycles. The first-order valence-corrected chi connectivity index (χ1v) is 18.7. The van der Waals surface area contributed by atoms with Crippen molar-refractivity contribution in [1.82, 2.24) is 0 Å². The van der Waals surface area contributed by atoms with Crippen molar-refractivity contribution in [3.63, 3.8) is 0 Å². The van der Waals surface area contributed by atoms with Crippen LogP contribution in [0.1, 0.15) is 104 Å². The highest BCUT2D eigenvalue weighted by atomic mass is 28.4. The van der Waals surface area contributed by atoms with Crippen molar-refractivity contribution < 1.29 is 18.4 Å². The van der Waals surface area contributed by atoms with Gasteiger partial charge in [-0.15, -0.1) is 0 Å². The second kappa shape index (κ2) is 11.9. The fraction of sp³-hybridized carbons (Fsp3) is 0.538. The summed E-state index contributed by atoms with van der Waals surface area (Å²) in [7, 11) is -2.67. The Labute approximate surface area is 265 Å². The van der Waals surface area contributed by atoms with Gasteiger partial charge in [0, 0.05) is 30.8 Å². The number of Topliss-reactive ketones (excluding diaryl/α,β-unsaturated/α-hetero) is 2. The molecule has 3 aromatic rings. The Hall–Kier alpha value is -2.76. The average Bonchev–Trinajstić information content (AvgIpc) is 3.63. The zero-order valence-electron chi connectivity index (χ0n) is 27.3. The van der Waals surface area contributed by atoms with Gasteiger partial charge < -0.3 is 8.84 Å². The highest BCUT2D eigenvalue weighted by Gasteiger charge is 2.55. The zero-order chi connectivity index (χ0) is 31.2. The summed E-state index contributed by atoms with van der Waals surface area (Å²) in [5.74, 6) is 1.57. The van der Waals surface area contributed by atoms with Gasteiger partial charge in [0.15, 0.2) is 0 Å². The van der Waals surface area contributed by atoms with Crippen LogP contribution in [0.2, 0.25) is 5.04 Å². The molecule has 3 aliphatic carbocycles. The molecule has 234 valence electrons. The summed E-state index contributed by atoms with van der Waals surface area (Å²) in [5.41, 5.74) is 0.838. The number of hydrogen-bond acceptors (Lipinski definition) is 4. The maximum Gasteiger partial charge on any atom is 0.261 e. The molecule has 3 aliphatic rings. The first kappa shape index (κ1) is 31.2. The molecule has 3 fully saturated rings. The summed E-state index contributed by atoms with van der Waals surface area (Å²) >= 11 is 0. The van der Waals surface area contributed by atoms with Gasteiger partial charge in [-0.25, -0.2) is 0 Å². The normalized spacial score (nSPS) is 31.2. The highest BCUT2D eigenvalue weighted by molar-refractivity contribution is 6.99. The standard InChI is InChI=1S/C39H50O4Si/c1-37(2,3)44(33-12-8-6-9-13-33,34-14-10-7-11-15-34)43-32-19-22-38(4)29(24-31(40)25-30(38)26-32)18-21-39(5)35(16-17-36(39)41)28-20-23-42-27-28/h6-15,20,23,27,29-30,32,35H,16-19,21-22,24-26H2,1-5H3/t29-,30+,32-,35+,38+,39+/m0/s1. The molecule has 6 atom stereocenters. The van der Waals surface area contributed by atoms with Crippen molar-refractivity contribution in [2.75, 3.05) is 0 Å². The molecule has 4 nitrogen and oxygen atoms in total. The van der Waals surface area contributed by atoms with Gasteiger partial charge in [0.2, 0.25) is 0 Å². The minimum absolute atomic E-state index is 0.0732. The Balaban J connectivity index is 1.24. The van der Waals surface area contributed by atoms with Gasteiger partial charge in [-0.05, 0) is 88.7 Å². The second-order valence-corrected chi connectivity index (χ2v) is 19.8. The van der Waals surface area contributed by atoms with Gasteiger partial charge in [0.1, 0.15) is 11.6 Å². The molecule has 1 aromatic heterocycles. The number of hydrogen-bond donors (Lipinski definition) is 0. The molecule has 44 heavy (non-hydrogen) atoms. The van der Waals surface area contributed by atoms with Gasteiger partial charge in [-0.3, -0.25) is 9.59 Å². The molecule has 5 heteroatoms. The van der Waals surface area contributed by atoms with E-state index in [2.05, 4.69) is 95.3 Å². The van der Waals surface area contributed by atoms with Gasteiger partial charge in [-0.1, -0.05) is 95.3 Å². The monoisotopic (exact) mass is 610 g/mol. The SMILES string of the molecule is CC(C)(C)[Si](O[C@H]1CC[C@@]2(C)[C@H](CC(=O)C[C@@H]2CC[C@@]2(C)C(=O)CC[C@@H]2c2ccoc2)C1)(c1ccccc1)c1ccccc1. The lowest BCUT2D eigenvalue weighted by atomic mass is 9.53. The number of benzene rings is 2. The van der Waals surface area contributed by atoms with Crippen molar-refractivity contribution in [1.29, 1.82) is 0 Å². The van der Waals surface area contributed by atoms with E-state index in [-0.39, 0.29) is 27.9 Å². The maximum absolute atomic E-state index is 13.3. The Kier molecular flexibility index (Phi) is 8.43. The molecule has 0 amide bonds. The average molecular weight is 611 g/mol. The topological polar surface area (TPSA) is 56.5 Å². The predicted octanol–water partition coefficient (Wildman–Crippen LogP) is 8.24. The van der Waals surface area contributed by atoms with Crippen molar-refractivity contribution >= 4 is 30.3 Å². The number of fused-ring (bicyclic) bond motifs is 1. The fourth-order valence-electron chi connectivity index (χ4n) is 9.45. The number of ketones is 2. The Morgan fingerprint density at radius 1 is 0.909 bits per heavy atom. The molecule has 0 saturated heterocycles. The number of carbonyl (C=O) groups is 2. The minimum Gasteiger partial charge on any atom is -0.472 e. The Morgan fingerprint density at radius 2 is 1.57 bits per heavy atom. The van der Waals surface area contributed by atoms with E-state index < -0.39 is 8.32 Å². The van der Waals surface area contributed by atoms with Crippen molar-refractivity contribution in [3.05, 3.63) is 84.8 Å². The molecule has 1 heterocycles. The molecule has 2 aromatic carbocycles. The molecule has 0 bridgehead atoms. The lowest BCUT2D eigenvalue weighted by molar-refractivity contribution is -0.133. The predicted molar refractivity (Wildman–Crippen MR) is 179 cm³/mol. The van der Waals surface area contributed by atoms with Gasteiger partial charge in [-0.2, -0.15) is 0 Å². The van der Waals surface area contributed by atoms with Crippen LogP contribution in [0.3, 0.4) is 0 Å². The fourth-order valence-corrected chi connectivity index (χ4v) is 14.2. The molecule has 3 saturated carbocycles. The van der Waals surface area contributed by atoms with Crippen LogP contribution in [-0.4, -0.2) is 26.0 Å². The molecular formula is C39H50O4Si. The third kappa shape index (κ3) is 5.38. The van der Waals surface area contributed by atoms with Crippen LogP contribution in [0.15, 0.2) is 83.7 Å². The smallest absolute Gasteiger partial charge is 0.261 e. The van der Waals surface area contributed by atoms with Crippen LogP contribution in [0.5, 0.6) is 0 Å². The van der Waals surface area contributed by atoms with Gasteiger partial charge >= 0.3 is 0 Å². The molecule has 0 radical (unpaired) electrons. The first-order valence-electron chi connectivity index (χ1n) is 16.8. The molecule has 0 spiro atoms. The lowest BCUT2D eigenvalue weighted by Gasteiger charge is -2.54. The van der Waals surface area contributed by atoms with E-state index in [0.29, 0.717) is 42.7 Å². The van der Waals surface area contributed by atoms with E-state index in [9.17, 15) is 9.59 Å². The summed E-state index contributed by atoms with van der Waals surface area (Å²) in [6.45, 7) is 11.6. The van der Waals surface area contributed by atoms with Crippen LogP contribution < -0.4 is 10.4 Å². The number of furan rings is 1. The quantitative estimate of drug-likeness (QED) is 0.241. The Bertz CT molecular complexity index is 1400. The van der Waals surface area contributed by atoms with E-state index in [1.807, 2.05) is 12.3 Å². The van der Waals surface area contributed by atoms with Crippen LogP contribution in [-0.2, 0) is 14.0 Å². The number of carbonyl (C=O) groups excluding carboxylic acids is 2. The van der Waals surface area contributed by atoms with Crippen molar-refractivity contribution in [2.45, 2.75) is 109 Å². The lowest BCUT2D eigenvalue weighted by Crippen LogP contribution is -2.68. The van der Waals surface area contributed by atoms with Crippen LogP contribution in [0, 0.1) is 22.7 Å². The van der Waals surface area contributed by atoms with Crippen molar-refractivity contribution in [2.24, 2.45) is 22.7 Å². The van der Waals surface area contributed by atoms with E-state index in [1.165, 1.54) is 10.4 Å². The summed E-state index contributed by atoms with van der Waals surface area (Å²) in [6.07, 6.45) is 11.2. The van der Waals surface area contributed by atoms with Crippen LogP contribution >= 0.6 is 0 Å². The number of rotatable bonds is 8. The molecule has 6 rings (SSSR count). The molecular weight excluding hydrogens is 561 g/mol. The van der Waals surface area contributed by atoms with E-state index in [1.54, 1.807) is 6.26 Å². The first-order chi connectivity index (χ1) is 21.0. The zero-order valence-corrected chi connectivity index (χ0v) is 28.3. The summed E-state index contributed by atoms with van der Waals surface area (Å²) < 4.78 is 13.0. The summed E-state index contributed by atoms with van der Waals surface area (Å²) in [6, 6.07) is 23.8. The van der Waals surface area contributed by atoms with Crippen molar-refractivity contribution in [3.8, 4) is 0 Å². The third-order valence-electron chi connectivity index (χ3n) is 12.1. The van der Waals surface area contributed by atoms with Gasteiger partial charge in [0.25, 0.3) is 8.32 Å². The van der Waals surface area contributed by atoms with E-state index in [4.69, 9.17) is 8.84 Å². The van der Waals surface area contributed by atoms with E-state index in [0.717, 1.165) is 44.1 Å². The summed E-state index contributed by atoms with van der Waals surface area (Å²) in [5, 5.41) is 2.55. The minimum atomic E-state index is -2.67. The maximum atomic E-state index is 13.3. The van der Waals surface area contributed by atoms with E-state index >= 15 is 0 Å². The third-order valence-corrected chi connectivity index (χ3v) is 17.2. The second-order valence-electron chi connectivity index (χ2n) is 15.6. The highest BCUT2D eigenvalue weighted by Crippen LogP contribution is 2.57. The molecule has 0 N–H and O–H groups in total. The summed E-state index contributed by atoms with van der Waals surface area (Å²) in [4.78, 5) is 26.6.